The fourth-order valence-electron chi connectivity index (χ4n) is 2.51. The van der Waals surface area contributed by atoms with Crippen LogP contribution in [0.4, 0.5) is 0 Å². The zero-order chi connectivity index (χ0) is 13.0. The quantitative estimate of drug-likeness (QED) is 0.858. The molecule has 5 heteroatoms. The Morgan fingerprint density at radius 1 is 1.56 bits per heavy atom. The van der Waals surface area contributed by atoms with Crippen molar-refractivity contribution in [3.8, 4) is 5.88 Å². The second-order valence-electron chi connectivity index (χ2n) is 4.91. The van der Waals surface area contributed by atoms with E-state index in [1.807, 2.05) is 14.0 Å². The van der Waals surface area contributed by atoms with Gasteiger partial charge in [-0.2, -0.15) is 5.10 Å². The summed E-state index contributed by atoms with van der Waals surface area (Å²) in [7, 11) is 3.60. The van der Waals surface area contributed by atoms with Crippen LogP contribution >= 0.6 is 0 Å². The first-order valence-electron chi connectivity index (χ1n) is 6.57. The number of aryl methyl sites for hydroxylation is 2. The molecule has 0 spiro atoms. The zero-order valence-corrected chi connectivity index (χ0v) is 11.5. The maximum atomic E-state index is 5.48. The molecule has 1 aromatic heterocycles. The van der Waals surface area contributed by atoms with E-state index in [1.54, 1.807) is 11.8 Å². The van der Waals surface area contributed by atoms with E-state index in [0.29, 0.717) is 5.92 Å². The van der Waals surface area contributed by atoms with Gasteiger partial charge >= 0.3 is 0 Å². The van der Waals surface area contributed by atoms with Gasteiger partial charge in [-0.05, 0) is 25.7 Å². The van der Waals surface area contributed by atoms with E-state index in [9.17, 15) is 0 Å². The van der Waals surface area contributed by atoms with Crippen LogP contribution in [0.2, 0.25) is 0 Å². The summed E-state index contributed by atoms with van der Waals surface area (Å²) in [6, 6.07) is 0. The average Bonchev–Trinajstić information content (AvgIpc) is 2.65. The van der Waals surface area contributed by atoms with Gasteiger partial charge in [-0.25, -0.2) is 4.68 Å². The van der Waals surface area contributed by atoms with Gasteiger partial charge in [0.15, 0.2) is 0 Å². The largest absolute Gasteiger partial charge is 0.481 e. The highest BCUT2D eigenvalue weighted by Gasteiger charge is 2.16. The van der Waals surface area contributed by atoms with Crippen LogP contribution < -0.4 is 10.1 Å². The van der Waals surface area contributed by atoms with Gasteiger partial charge in [0.05, 0.1) is 25.0 Å². The summed E-state index contributed by atoms with van der Waals surface area (Å²) in [5.41, 5.74) is 2.18. The number of aromatic nitrogens is 2. The molecule has 1 aliphatic rings. The van der Waals surface area contributed by atoms with E-state index in [-0.39, 0.29) is 0 Å². The summed E-state index contributed by atoms with van der Waals surface area (Å²) < 4.78 is 12.6. The van der Waals surface area contributed by atoms with E-state index >= 15 is 0 Å². The summed E-state index contributed by atoms with van der Waals surface area (Å²) in [6.45, 7) is 5.63. The Bertz CT molecular complexity index is 384. The molecule has 0 radical (unpaired) electrons. The lowest BCUT2D eigenvalue weighted by molar-refractivity contribution is 0.0547. The molecule has 0 bridgehead atoms. The summed E-state index contributed by atoms with van der Waals surface area (Å²) in [5, 5.41) is 7.86. The van der Waals surface area contributed by atoms with Crippen molar-refractivity contribution in [3.63, 3.8) is 0 Å². The predicted octanol–water partition coefficient (Wildman–Crippen LogP) is 1.25. The smallest absolute Gasteiger partial charge is 0.216 e. The third-order valence-corrected chi connectivity index (χ3v) is 3.47. The van der Waals surface area contributed by atoms with Gasteiger partial charge in [0.1, 0.15) is 0 Å². The van der Waals surface area contributed by atoms with Gasteiger partial charge in [0, 0.05) is 26.7 Å². The predicted molar refractivity (Wildman–Crippen MR) is 69.7 cm³/mol. The molecule has 1 unspecified atom stereocenters. The van der Waals surface area contributed by atoms with E-state index < -0.39 is 0 Å². The second kappa shape index (κ2) is 6.20. The molecule has 1 aliphatic heterocycles. The van der Waals surface area contributed by atoms with Crippen LogP contribution in [0.3, 0.4) is 0 Å². The summed E-state index contributed by atoms with van der Waals surface area (Å²) in [5.74, 6) is 1.49. The summed E-state index contributed by atoms with van der Waals surface area (Å²) >= 11 is 0. The Balaban J connectivity index is 1.85. The van der Waals surface area contributed by atoms with Crippen molar-refractivity contribution >= 4 is 0 Å². The minimum absolute atomic E-state index is 0.640. The molecular formula is C13H23N3O2. The van der Waals surface area contributed by atoms with Gasteiger partial charge in [-0.15, -0.1) is 0 Å². The number of rotatable bonds is 5. The van der Waals surface area contributed by atoms with Gasteiger partial charge in [-0.1, -0.05) is 0 Å². The molecule has 1 fully saturated rings. The third kappa shape index (κ3) is 3.03. The number of ether oxygens (including phenoxy) is 2. The molecule has 1 N–H and O–H groups in total. The second-order valence-corrected chi connectivity index (χ2v) is 4.91. The lowest BCUT2D eigenvalue weighted by atomic mass is 10.0. The number of methoxy groups -OCH3 is 1. The van der Waals surface area contributed by atoms with E-state index in [1.165, 1.54) is 12.8 Å². The SMILES string of the molecule is COc1c(CNCC2CCCOC2)c(C)nn1C. The molecule has 2 rings (SSSR count). The fourth-order valence-corrected chi connectivity index (χ4v) is 2.51. The first kappa shape index (κ1) is 13.4. The van der Waals surface area contributed by atoms with Crippen molar-refractivity contribution in [3.05, 3.63) is 11.3 Å². The summed E-state index contributed by atoms with van der Waals surface area (Å²) in [4.78, 5) is 0. The third-order valence-electron chi connectivity index (χ3n) is 3.47. The van der Waals surface area contributed by atoms with Crippen molar-refractivity contribution in [2.45, 2.75) is 26.3 Å². The Labute approximate surface area is 108 Å². The zero-order valence-electron chi connectivity index (χ0n) is 11.5. The highest BCUT2D eigenvalue weighted by molar-refractivity contribution is 5.30. The Hall–Kier alpha value is -1.07. The van der Waals surface area contributed by atoms with Crippen LogP contribution in [0, 0.1) is 12.8 Å². The maximum Gasteiger partial charge on any atom is 0.216 e. The van der Waals surface area contributed by atoms with Crippen molar-refractivity contribution < 1.29 is 9.47 Å². The van der Waals surface area contributed by atoms with Gasteiger partial charge in [0.25, 0.3) is 0 Å². The van der Waals surface area contributed by atoms with E-state index in [4.69, 9.17) is 9.47 Å². The topological polar surface area (TPSA) is 48.3 Å². The molecule has 1 aromatic rings. The van der Waals surface area contributed by atoms with Gasteiger partial charge < -0.3 is 14.8 Å². The molecule has 5 nitrogen and oxygen atoms in total. The fraction of sp³-hybridized carbons (Fsp3) is 0.769. The molecule has 102 valence electrons. The molecule has 1 saturated heterocycles. The highest BCUT2D eigenvalue weighted by atomic mass is 16.5. The van der Waals surface area contributed by atoms with Crippen molar-refractivity contribution in [2.24, 2.45) is 13.0 Å². The van der Waals surface area contributed by atoms with Crippen LogP contribution in [0.15, 0.2) is 0 Å². The Morgan fingerprint density at radius 3 is 3.06 bits per heavy atom. The van der Waals surface area contributed by atoms with Crippen LogP contribution in [0.25, 0.3) is 0 Å². The number of nitrogens with one attached hydrogen (secondary N) is 1. The molecule has 18 heavy (non-hydrogen) atoms. The van der Waals surface area contributed by atoms with Crippen molar-refractivity contribution in [1.82, 2.24) is 15.1 Å². The minimum Gasteiger partial charge on any atom is -0.481 e. The van der Waals surface area contributed by atoms with Crippen LogP contribution in [-0.2, 0) is 18.3 Å². The number of hydrogen-bond acceptors (Lipinski definition) is 4. The van der Waals surface area contributed by atoms with Crippen LogP contribution in [0.5, 0.6) is 5.88 Å². The highest BCUT2D eigenvalue weighted by Crippen LogP contribution is 2.20. The molecule has 0 amide bonds. The molecule has 0 aromatic carbocycles. The summed E-state index contributed by atoms with van der Waals surface area (Å²) in [6.07, 6.45) is 2.44. The van der Waals surface area contributed by atoms with Crippen LogP contribution in [0.1, 0.15) is 24.1 Å². The molecule has 2 heterocycles. The first-order chi connectivity index (χ1) is 8.72. The lowest BCUT2D eigenvalue weighted by Gasteiger charge is -2.22. The van der Waals surface area contributed by atoms with Gasteiger partial charge in [-0.3, -0.25) is 0 Å². The molecule has 1 atom stereocenters. The van der Waals surface area contributed by atoms with E-state index in [0.717, 1.165) is 43.4 Å². The molecule has 0 saturated carbocycles. The molecular weight excluding hydrogens is 230 g/mol. The Morgan fingerprint density at radius 2 is 2.39 bits per heavy atom. The maximum absolute atomic E-state index is 5.48. The van der Waals surface area contributed by atoms with Crippen molar-refractivity contribution in [2.75, 3.05) is 26.9 Å². The normalized spacial score (nSPS) is 20.1. The van der Waals surface area contributed by atoms with Crippen LogP contribution in [-0.4, -0.2) is 36.6 Å². The lowest BCUT2D eigenvalue weighted by Crippen LogP contribution is -2.29. The van der Waals surface area contributed by atoms with Gasteiger partial charge in [0.2, 0.25) is 5.88 Å². The van der Waals surface area contributed by atoms with Crippen molar-refractivity contribution in [1.29, 1.82) is 0 Å². The first-order valence-corrected chi connectivity index (χ1v) is 6.57. The van der Waals surface area contributed by atoms with E-state index in [2.05, 4.69) is 10.4 Å². The average molecular weight is 253 g/mol. The Kier molecular flexibility index (Phi) is 4.60. The minimum atomic E-state index is 0.640. The number of nitrogens with zero attached hydrogens (tertiary/aromatic N) is 2. The molecule has 0 aliphatic carbocycles. The number of hydrogen-bond donors (Lipinski definition) is 1. The monoisotopic (exact) mass is 253 g/mol. The standard InChI is InChI=1S/C13H23N3O2/c1-10-12(13(17-3)16(2)15-10)8-14-7-11-5-4-6-18-9-11/h11,14H,4-9H2,1-3H3.